The molecule has 19 heavy (non-hydrogen) atoms. The molecule has 0 aliphatic rings. The maximum atomic E-state index is 11.4. The zero-order valence-corrected chi connectivity index (χ0v) is 11.3. The van der Waals surface area contributed by atoms with Gasteiger partial charge in [-0.1, -0.05) is 12.1 Å². The lowest BCUT2D eigenvalue weighted by molar-refractivity contribution is 0.0600. The standard InChI is InChI=1S/C14H14N2O2S/c1-18-14(17)11-6-13(8-16-7-11)19-9-10-3-2-4-12(15)5-10/h2-8H,9,15H2,1H3. The molecule has 0 fully saturated rings. The van der Waals surface area contributed by atoms with Gasteiger partial charge >= 0.3 is 5.97 Å². The summed E-state index contributed by atoms with van der Waals surface area (Å²) in [7, 11) is 1.36. The molecule has 0 aliphatic carbocycles. The third-order valence-electron chi connectivity index (χ3n) is 2.49. The van der Waals surface area contributed by atoms with Crippen LogP contribution in [0.2, 0.25) is 0 Å². The predicted molar refractivity (Wildman–Crippen MR) is 76.0 cm³/mol. The van der Waals surface area contributed by atoms with Crippen molar-refractivity contribution in [1.82, 2.24) is 4.98 Å². The molecule has 2 rings (SSSR count). The van der Waals surface area contributed by atoms with E-state index >= 15 is 0 Å². The Hall–Kier alpha value is -2.01. The third kappa shape index (κ3) is 3.72. The second-order valence-electron chi connectivity index (χ2n) is 3.93. The number of nitrogens with zero attached hydrogens (tertiary/aromatic N) is 1. The van der Waals surface area contributed by atoms with Crippen LogP contribution < -0.4 is 5.73 Å². The Bertz CT molecular complexity index is 587. The highest BCUT2D eigenvalue weighted by Crippen LogP contribution is 2.23. The summed E-state index contributed by atoms with van der Waals surface area (Å²) in [6.07, 6.45) is 3.22. The van der Waals surface area contributed by atoms with Crippen LogP contribution >= 0.6 is 11.8 Å². The van der Waals surface area contributed by atoms with E-state index in [0.717, 1.165) is 21.9 Å². The summed E-state index contributed by atoms with van der Waals surface area (Å²) in [6.45, 7) is 0. The minimum atomic E-state index is -0.376. The van der Waals surface area contributed by atoms with Crippen LogP contribution in [0.5, 0.6) is 0 Å². The molecule has 4 nitrogen and oxygen atoms in total. The van der Waals surface area contributed by atoms with Crippen LogP contribution in [-0.2, 0) is 10.5 Å². The number of pyridine rings is 1. The summed E-state index contributed by atoms with van der Waals surface area (Å²) in [5, 5.41) is 0. The van der Waals surface area contributed by atoms with Gasteiger partial charge in [-0.2, -0.15) is 0 Å². The number of anilines is 1. The van der Waals surface area contributed by atoms with E-state index in [0.29, 0.717) is 5.56 Å². The zero-order chi connectivity index (χ0) is 13.7. The average molecular weight is 274 g/mol. The van der Waals surface area contributed by atoms with Gasteiger partial charge in [0.1, 0.15) is 0 Å². The molecule has 0 unspecified atom stereocenters. The zero-order valence-electron chi connectivity index (χ0n) is 10.5. The second-order valence-corrected chi connectivity index (χ2v) is 4.98. The number of nitrogens with two attached hydrogens (primary N) is 1. The first-order valence-corrected chi connectivity index (χ1v) is 6.68. The number of carbonyl (C=O) groups is 1. The normalized spacial score (nSPS) is 10.2. The van der Waals surface area contributed by atoms with Crippen LogP contribution in [0.4, 0.5) is 5.69 Å². The smallest absolute Gasteiger partial charge is 0.339 e. The third-order valence-corrected chi connectivity index (χ3v) is 3.53. The number of thioether (sulfide) groups is 1. The fraction of sp³-hybridized carbons (Fsp3) is 0.143. The molecule has 0 atom stereocenters. The van der Waals surface area contributed by atoms with Gasteiger partial charge in [0.15, 0.2) is 0 Å². The number of aromatic nitrogens is 1. The Balaban J connectivity index is 2.05. The molecule has 0 radical (unpaired) electrons. The van der Waals surface area contributed by atoms with Gasteiger partial charge in [-0.25, -0.2) is 4.79 Å². The van der Waals surface area contributed by atoms with E-state index in [-0.39, 0.29) is 5.97 Å². The lowest BCUT2D eigenvalue weighted by atomic mass is 10.2. The van der Waals surface area contributed by atoms with Gasteiger partial charge in [-0.15, -0.1) is 11.8 Å². The molecular weight excluding hydrogens is 260 g/mol. The number of carbonyl (C=O) groups excluding carboxylic acids is 1. The number of ether oxygens (including phenoxy) is 1. The molecule has 0 aliphatic heterocycles. The first kappa shape index (κ1) is 13.4. The van der Waals surface area contributed by atoms with Crippen molar-refractivity contribution in [2.45, 2.75) is 10.6 Å². The summed E-state index contributed by atoms with van der Waals surface area (Å²) >= 11 is 1.60. The highest BCUT2D eigenvalue weighted by atomic mass is 32.2. The van der Waals surface area contributed by atoms with E-state index in [9.17, 15) is 4.79 Å². The van der Waals surface area contributed by atoms with E-state index in [2.05, 4.69) is 9.72 Å². The topological polar surface area (TPSA) is 65.2 Å². The number of nitrogen functional groups attached to an aromatic ring is 1. The highest BCUT2D eigenvalue weighted by Gasteiger charge is 2.06. The van der Waals surface area contributed by atoms with Gasteiger partial charge in [0.2, 0.25) is 0 Å². The molecule has 2 N–H and O–H groups in total. The summed E-state index contributed by atoms with van der Waals surface area (Å²) in [6, 6.07) is 9.50. The van der Waals surface area contributed by atoms with Crippen molar-refractivity contribution >= 4 is 23.4 Å². The Morgan fingerprint density at radius 2 is 2.21 bits per heavy atom. The fourth-order valence-corrected chi connectivity index (χ4v) is 2.44. The molecule has 0 saturated carbocycles. The lowest BCUT2D eigenvalue weighted by Gasteiger charge is -2.04. The van der Waals surface area contributed by atoms with E-state index in [1.165, 1.54) is 13.3 Å². The van der Waals surface area contributed by atoms with E-state index in [1.54, 1.807) is 24.0 Å². The summed E-state index contributed by atoms with van der Waals surface area (Å²) in [4.78, 5) is 16.4. The lowest BCUT2D eigenvalue weighted by Crippen LogP contribution is -2.01. The number of methoxy groups -OCH3 is 1. The van der Waals surface area contributed by atoms with Gasteiger partial charge in [0.25, 0.3) is 0 Å². The highest BCUT2D eigenvalue weighted by molar-refractivity contribution is 7.98. The second kappa shape index (κ2) is 6.24. The van der Waals surface area contributed by atoms with Gasteiger partial charge in [-0.05, 0) is 23.8 Å². The van der Waals surface area contributed by atoms with Gasteiger partial charge in [-0.3, -0.25) is 4.98 Å². The molecule has 5 heteroatoms. The maximum Gasteiger partial charge on any atom is 0.339 e. The Morgan fingerprint density at radius 1 is 1.37 bits per heavy atom. The average Bonchev–Trinajstić information content (AvgIpc) is 2.45. The van der Waals surface area contributed by atoms with Crippen molar-refractivity contribution < 1.29 is 9.53 Å². The number of hydrogen-bond acceptors (Lipinski definition) is 5. The number of rotatable bonds is 4. The monoisotopic (exact) mass is 274 g/mol. The molecule has 1 aromatic carbocycles. The first-order valence-electron chi connectivity index (χ1n) is 5.69. The molecule has 2 aromatic rings. The van der Waals surface area contributed by atoms with Crippen LogP contribution in [0.15, 0.2) is 47.6 Å². The van der Waals surface area contributed by atoms with Crippen molar-refractivity contribution in [3.8, 4) is 0 Å². The van der Waals surface area contributed by atoms with Crippen molar-refractivity contribution in [3.05, 3.63) is 53.9 Å². The molecule has 0 bridgehead atoms. The molecule has 1 heterocycles. The van der Waals surface area contributed by atoms with E-state index in [4.69, 9.17) is 5.73 Å². The molecule has 98 valence electrons. The predicted octanol–water partition coefficient (Wildman–Crippen LogP) is 2.74. The molecule has 0 saturated heterocycles. The first-order chi connectivity index (χ1) is 9.19. The largest absolute Gasteiger partial charge is 0.465 e. The number of benzene rings is 1. The maximum absolute atomic E-state index is 11.4. The Morgan fingerprint density at radius 3 is 2.95 bits per heavy atom. The Labute approximate surface area is 116 Å². The molecule has 0 spiro atoms. The quantitative estimate of drug-likeness (QED) is 0.527. The van der Waals surface area contributed by atoms with Gasteiger partial charge in [0.05, 0.1) is 12.7 Å². The van der Waals surface area contributed by atoms with Crippen LogP contribution in [0.25, 0.3) is 0 Å². The molecular formula is C14H14N2O2S. The minimum Gasteiger partial charge on any atom is -0.465 e. The van der Waals surface area contributed by atoms with Gasteiger partial charge in [0, 0.05) is 28.7 Å². The van der Waals surface area contributed by atoms with Crippen LogP contribution in [0, 0.1) is 0 Å². The van der Waals surface area contributed by atoms with Crippen LogP contribution in [-0.4, -0.2) is 18.1 Å². The van der Waals surface area contributed by atoms with Crippen molar-refractivity contribution in [3.63, 3.8) is 0 Å². The van der Waals surface area contributed by atoms with Gasteiger partial charge < -0.3 is 10.5 Å². The number of hydrogen-bond donors (Lipinski definition) is 1. The SMILES string of the molecule is COC(=O)c1cncc(SCc2cccc(N)c2)c1. The number of esters is 1. The van der Waals surface area contributed by atoms with E-state index < -0.39 is 0 Å². The van der Waals surface area contributed by atoms with Crippen molar-refractivity contribution in [1.29, 1.82) is 0 Å². The summed E-state index contributed by atoms with van der Waals surface area (Å²) in [5.74, 6) is 0.399. The van der Waals surface area contributed by atoms with Crippen molar-refractivity contribution in [2.24, 2.45) is 0 Å². The van der Waals surface area contributed by atoms with E-state index in [1.807, 2.05) is 24.3 Å². The molecule has 0 amide bonds. The summed E-state index contributed by atoms with van der Waals surface area (Å²) < 4.78 is 4.67. The molecule has 1 aromatic heterocycles. The Kier molecular flexibility index (Phi) is 4.41. The van der Waals surface area contributed by atoms with Crippen LogP contribution in [0.1, 0.15) is 15.9 Å². The fourth-order valence-electron chi connectivity index (χ4n) is 1.58. The van der Waals surface area contributed by atoms with Crippen LogP contribution in [0.3, 0.4) is 0 Å². The minimum absolute atomic E-state index is 0.376. The summed E-state index contributed by atoms with van der Waals surface area (Å²) in [5.41, 5.74) is 8.07. The van der Waals surface area contributed by atoms with Crippen molar-refractivity contribution in [2.75, 3.05) is 12.8 Å².